The maximum Gasteiger partial charge on any atom is 0.0210 e. The molecule has 0 amide bonds. The molecule has 1 aromatic rings. The van der Waals surface area contributed by atoms with Gasteiger partial charge >= 0.3 is 0 Å². The highest BCUT2D eigenvalue weighted by Crippen LogP contribution is 2.42. The van der Waals surface area contributed by atoms with Crippen molar-refractivity contribution in [1.82, 2.24) is 0 Å². The highest BCUT2D eigenvalue weighted by atomic mass is 79.9. The first-order chi connectivity index (χ1) is 4.88. The zero-order valence-electron chi connectivity index (χ0n) is 5.60. The van der Waals surface area contributed by atoms with Crippen molar-refractivity contribution in [3.8, 4) is 0 Å². The molecule has 1 aliphatic rings. The minimum Gasteiger partial charge on any atom is -0.0532 e. The van der Waals surface area contributed by atoms with E-state index < -0.39 is 0 Å². The van der Waals surface area contributed by atoms with Gasteiger partial charge in [0.2, 0.25) is 0 Å². The smallest absolute Gasteiger partial charge is 0.0210 e. The topological polar surface area (TPSA) is 0 Å². The van der Waals surface area contributed by atoms with Gasteiger partial charge in [0.05, 0.1) is 0 Å². The van der Waals surface area contributed by atoms with Gasteiger partial charge in [-0.25, -0.2) is 0 Å². The van der Waals surface area contributed by atoms with Gasteiger partial charge in [-0.2, -0.15) is 0 Å². The zero-order chi connectivity index (χ0) is 6.97. The lowest BCUT2D eigenvalue weighted by Crippen LogP contribution is -1.78. The molecule has 1 fully saturated rings. The second-order valence-corrected chi connectivity index (χ2v) is 3.58. The number of benzene rings is 1. The van der Waals surface area contributed by atoms with Crippen molar-refractivity contribution in [3.63, 3.8) is 0 Å². The quantitative estimate of drug-likeness (QED) is 0.647. The lowest BCUT2D eigenvalue weighted by molar-refractivity contribution is 1.12. The van der Waals surface area contributed by atoms with Crippen molar-refractivity contribution < 1.29 is 0 Å². The molecule has 51 valence electrons. The molecule has 2 rings (SSSR count). The third kappa shape index (κ3) is 1.10. The fraction of sp³-hybridized carbons (Fsp3) is 0.333. The van der Waals surface area contributed by atoms with Gasteiger partial charge in [0.1, 0.15) is 0 Å². The molecule has 1 radical (unpaired) electrons. The Morgan fingerprint density at radius 3 is 2.90 bits per heavy atom. The molecule has 1 saturated carbocycles. The van der Waals surface area contributed by atoms with E-state index in [4.69, 9.17) is 0 Å². The molecule has 0 atom stereocenters. The van der Waals surface area contributed by atoms with Crippen LogP contribution in [-0.4, -0.2) is 0 Å². The summed E-state index contributed by atoms with van der Waals surface area (Å²) in [5.74, 6) is 0.826. The maximum atomic E-state index is 3.52. The summed E-state index contributed by atoms with van der Waals surface area (Å²) in [7, 11) is 0. The van der Waals surface area contributed by atoms with Crippen LogP contribution in [0.2, 0.25) is 0 Å². The summed E-state index contributed by atoms with van der Waals surface area (Å²) >= 11 is 3.52. The van der Waals surface area contributed by atoms with E-state index in [9.17, 15) is 0 Å². The monoisotopic (exact) mass is 195 g/mol. The molecule has 0 spiro atoms. The van der Waals surface area contributed by atoms with Crippen LogP contribution in [0.1, 0.15) is 24.3 Å². The van der Waals surface area contributed by atoms with Crippen LogP contribution in [-0.2, 0) is 0 Å². The van der Waals surface area contributed by atoms with Crippen molar-refractivity contribution in [3.05, 3.63) is 34.3 Å². The summed E-state index contributed by atoms with van der Waals surface area (Å²) in [4.78, 5) is 0. The lowest BCUT2D eigenvalue weighted by atomic mass is 10.1. The molecule has 0 bridgehead atoms. The Bertz CT molecular complexity index is 238. The molecule has 1 heteroatoms. The van der Waals surface area contributed by atoms with Gasteiger partial charge in [0.15, 0.2) is 0 Å². The Labute approximate surface area is 69.4 Å². The van der Waals surface area contributed by atoms with Crippen molar-refractivity contribution in [1.29, 1.82) is 0 Å². The van der Waals surface area contributed by atoms with Crippen LogP contribution in [0.15, 0.2) is 22.7 Å². The van der Waals surface area contributed by atoms with E-state index in [0.29, 0.717) is 0 Å². The largest absolute Gasteiger partial charge is 0.0532 e. The summed E-state index contributed by atoms with van der Waals surface area (Å²) in [5, 5.41) is 0. The van der Waals surface area contributed by atoms with Crippen molar-refractivity contribution >= 4 is 15.9 Å². The van der Waals surface area contributed by atoms with Crippen LogP contribution < -0.4 is 0 Å². The predicted molar refractivity (Wildman–Crippen MR) is 45.0 cm³/mol. The first-order valence-electron chi connectivity index (χ1n) is 3.53. The van der Waals surface area contributed by atoms with Crippen molar-refractivity contribution in [2.24, 2.45) is 0 Å². The number of hydrogen-bond acceptors (Lipinski definition) is 0. The standard InChI is InChI=1S/C9H8Br/c10-9-4-2-1-3-8(9)7-5-6-7/h2-4,7H,5-6H2. The molecule has 0 aromatic heterocycles. The van der Waals surface area contributed by atoms with Gasteiger partial charge in [-0.05, 0) is 42.5 Å². The highest BCUT2D eigenvalue weighted by molar-refractivity contribution is 9.10. The van der Waals surface area contributed by atoms with Gasteiger partial charge in [0.25, 0.3) is 0 Å². The van der Waals surface area contributed by atoms with Crippen molar-refractivity contribution in [2.45, 2.75) is 18.8 Å². The predicted octanol–water partition coefficient (Wildman–Crippen LogP) is 3.13. The third-order valence-electron chi connectivity index (χ3n) is 1.86. The summed E-state index contributed by atoms with van der Waals surface area (Å²) < 4.78 is 1.24. The van der Waals surface area contributed by atoms with Gasteiger partial charge < -0.3 is 0 Å². The molecule has 10 heavy (non-hydrogen) atoms. The summed E-state index contributed by atoms with van der Waals surface area (Å²) in [6.45, 7) is 0. The number of halogens is 1. The van der Waals surface area contributed by atoms with Gasteiger partial charge in [-0.3, -0.25) is 0 Å². The molecule has 0 saturated heterocycles. The Morgan fingerprint density at radius 2 is 2.30 bits per heavy atom. The van der Waals surface area contributed by atoms with E-state index in [0.717, 1.165) is 5.92 Å². The fourth-order valence-corrected chi connectivity index (χ4v) is 1.70. The molecular weight excluding hydrogens is 188 g/mol. The van der Waals surface area contributed by atoms with E-state index in [1.807, 2.05) is 6.07 Å². The van der Waals surface area contributed by atoms with Crippen LogP contribution in [0.25, 0.3) is 0 Å². The summed E-state index contributed by atoms with van der Waals surface area (Å²) in [5.41, 5.74) is 1.43. The summed E-state index contributed by atoms with van der Waals surface area (Å²) in [6, 6.07) is 9.18. The summed E-state index contributed by atoms with van der Waals surface area (Å²) in [6.07, 6.45) is 2.72. The Hall–Kier alpha value is -0.300. The van der Waals surface area contributed by atoms with E-state index in [-0.39, 0.29) is 0 Å². The van der Waals surface area contributed by atoms with E-state index in [1.54, 1.807) is 0 Å². The second-order valence-electron chi connectivity index (χ2n) is 2.72. The fourth-order valence-electron chi connectivity index (χ4n) is 1.13. The Kier molecular flexibility index (Phi) is 1.53. The van der Waals surface area contributed by atoms with E-state index in [1.165, 1.54) is 22.9 Å². The van der Waals surface area contributed by atoms with Crippen LogP contribution >= 0.6 is 15.9 Å². The lowest BCUT2D eigenvalue weighted by Gasteiger charge is -1.98. The van der Waals surface area contributed by atoms with Crippen LogP contribution in [0.5, 0.6) is 0 Å². The first-order valence-corrected chi connectivity index (χ1v) is 4.33. The van der Waals surface area contributed by atoms with Crippen LogP contribution in [0.4, 0.5) is 0 Å². The minimum absolute atomic E-state index is 0.826. The first kappa shape index (κ1) is 6.41. The second kappa shape index (κ2) is 2.39. The van der Waals surface area contributed by atoms with E-state index in [2.05, 4.69) is 34.1 Å². The van der Waals surface area contributed by atoms with Gasteiger partial charge in [-0.1, -0.05) is 22.0 Å². The van der Waals surface area contributed by atoms with Crippen LogP contribution in [0, 0.1) is 6.07 Å². The molecule has 0 nitrogen and oxygen atoms in total. The van der Waals surface area contributed by atoms with Gasteiger partial charge in [0, 0.05) is 4.47 Å². The maximum absolute atomic E-state index is 3.52. The minimum atomic E-state index is 0.826. The van der Waals surface area contributed by atoms with Crippen molar-refractivity contribution in [2.75, 3.05) is 0 Å². The average Bonchev–Trinajstić information content (AvgIpc) is 2.71. The molecule has 0 N–H and O–H groups in total. The van der Waals surface area contributed by atoms with Gasteiger partial charge in [-0.15, -0.1) is 0 Å². The SMILES string of the molecule is Brc1cc[c]cc1C1CC1. The number of rotatable bonds is 1. The molecule has 1 aliphatic carbocycles. The highest BCUT2D eigenvalue weighted by Gasteiger charge is 2.24. The Morgan fingerprint density at radius 1 is 1.50 bits per heavy atom. The molecule has 0 aliphatic heterocycles. The Balaban J connectivity index is 2.39. The molecule has 1 aromatic carbocycles. The third-order valence-corrected chi connectivity index (χ3v) is 2.58. The molecule has 0 heterocycles. The molecular formula is C9H8Br. The normalized spacial score (nSPS) is 17.3. The van der Waals surface area contributed by atoms with E-state index >= 15 is 0 Å². The zero-order valence-corrected chi connectivity index (χ0v) is 7.19. The number of hydrogen-bond donors (Lipinski definition) is 0. The molecule has 0 unspecified atom stereocenters. The van der Waals surface area contributed by atoms with Crippen LogP contribution in [0.3, 0.4) is 0 Å². The average molecular weight is 196 g/mol.